The SMILES string of the molecule is O=C(NCc1ccccc1Cl)c1cc(N2CCOCC2)ccc1[N+](=O)[O-]. The Morgan fingerprint density at radius 2 is 1.96 bits per heavy atom. The third-order valence-electron chi connectivity index (χ3n) is 4.19. The number of anilines is 1. The van der Waals surface area contributed by atoms with Gasteiger partial charge < -0.3 is 15.0 Å². The van der Waals surface area contributed by atoms with E-state index in [1.807, 2.05) is 11.0 Å². The quantitative estimate of drug-likeness (QED) is 0.641. The molecule has 1 saturated heterocycles. The number of carbonyl (C=O) groups is 1. The fourth-order valence-electron chi connectivity index (χ4n) is 2.80. The predicted octanol–water partition coefficient (Wildman–Crippen LogP) is 3.01. The van der Waals surface area contributed by atoms with Crippen molar-refractivity contribution in [2.45, 2.75) is 6.54 Å². The molecule has 1 amide bonds. The predicted molar refractivity (Wildman–Crippen MR) is 98.8 cm³/mol. The van der Waals surface area contributed by atoms with Gasteiger partial charge >= 0.3 is 0 Å². The van der Waals surface area contributed by atoms with Gasteiger partial charge in [-0.3, -0.25) is 14.9 Å². The number of nitro benzene ring substituents is 1. The maximum absolute atomic E-state index is 12.6. The van der Waals surface area contributed by atoms with E-state index >= 15 is 0 Å². The molecule has 2 aromatic carbocycles. The van der Waals surface area contributed by atoms with E-state index in [4.69, 9.17) is 16.3 Å². The summed E-state index contributed by atoms with van der Waals surface area (Å²) in [7, 11) is 0. The van der Waals surface area contributed by atoms with E-state index in [1.54, 1.807) is 30.3 Å². The van der Waals surface area contributed by atoms with Crippen LogP contribution < -0.4 is 10.2 Å². The van der Waals surface area contributed by atoms with Crippen LogP contribution in [0.25, 0.3) is 0 Å². The number of hydrogen-bond donors (Lipinski definition) is 1. The first-order valence-corrected chi connectivity index (χ1v) is 8.57. The molecule has 1 fully saturated rings. The topological polar surface area (TPSA) is 84.7 Å². The van der Waals surface area contributed by atoms with Crippen molar-refractivity contribution in [2.75, 3.05) is 31.2 Å². The summed E-state index contributed by atoms with van der Waals surface area (Å²) in [5.41, 5.74) is 1.32. The standard InChI is InChI=1S/C18H18ClN3O4/c19-16-4-2-1-3-13(16)12-20-18(23)15-11-14(5-6-17(15)22(24)25)21-7-9-26-10-8-21/h1-6,11H,7-10,12H2,(H,20,23). The number of nitrogens with one attached hydrogen (secondary N) is 1. The molecule has 8 heteroatoms. The van der Waals surface area contributed by atoms with Crippen molar-refractivity contribution in [2.24, 2.45) is 0 Å². The maximum atomic E-state index is 12.6. The molecule has 0 aromatic heterocycles. The lowest BCUT2D eigenvalue weighted by atomic mass is 10.1. The van der Waals surface area contributed by atoms with Gasteiger partial charge in [0.2, 0.25) is 0 Å². The van der Waals surface area contributed by atoms with Crippen molar-refractivity contribution in [3.05, 3.63) is 68.7 Å². The minimum atomic E-state index is -0.548. The number of nitro groups is 1. The van der Waals surface area contributed by atoms with Crippen LogP contribution in [0.1, 0.15) is 15.9 Å². The van der Waals surface area contributed by atoms with Gasteiger partial charge in [-0.25, -0.2) is 0 Å². The molecule has 0 saturated carbocycles. The zero-order chi connectivity index (χ0) is 18.5. The second-order valence-corrected chi connectivity index (χ2v) is 6.24. The van der Waals surface area contributed by atoms with Gasteiger partial charge in [0.25, 0.3) is 11.6 Å². The van der Waals surface area contributed by atoms with Gasteiger partial charge in [-0.1, -0.05) is 29.8 Å². The Bertz CT molecular complexity index is 822. The van der Waals surface area contributed by atoms with Crippen LogP contribution in [0, 0.1) is 10.1 Å². The van der Waals surface area contributed by atoms with Crippen molar-refractivity contribution >= 4 is 28.9 Å². The summed E-state index contributed by atoms with van der Waals surface area (Å²) in [6.45, 7) is 2.73. The first kappa shape index (κ1) is 18.2. The summed E-state index contributed by atoms with van der Waals surface area (Å²) in [6, 6.07) is 11.7. The summed E-state index contributed by atoms with van der Waals surface area (Å²) in [6.07, 6.45) is 0. The molecule has 26 heavy (non-hydrogen) atoms. The van der Waals surface area contributed by atoms with Gasteiger partial charge in [-0.05, 0) is 23.8 Å². The fraction of sp³-hybridized carbons (Fsp3) is 0.278. The molecule has 0 atom stereocenters. The van der Waals surface area contributed by atoms with Crippen molar-refractivity contribution in [1.82, 2.24) is 5.32 Å². The number of morpholine rings is 1. The number of benzene rings is 2. The Labute approximate surface area is 155 Å². The van der Waals surface area contributed by atoms with Crippen LogP contribution in [-0.2, 0) is 11.3 Å². The molecule has 2 aromatic rings. The van der Waals surface area contributed by atoms with E-state index in [-0.39, 0.29) is 17.8 Å². The third kappa shape index (κ3) is 4.12. The Hall–Kier alpha value is -2.64. The number of ether oxygens (including phenoxy) is 1. The van der Waals surface area contributed by atoms with E-state index < -0.39 is 10.8 Å². The summed E-state index contributed by atoms with van der Waals surface area (Å²) >= 11 is 6.08. The molecule has 0 aliphatic carbocycles. The minimum absolute atomic E-state index is 0.0334. The molecular formula is C18H18ClN3O4. The highest BCUT2D eigenvalue weighted by molar-refractivity contribution is 6.31. The van der Waals surface area contributed by atoms with Crippen molar-refractivity contribution in [3.63, 3.8) is 0 Å². The molecule has 0 bridgehead atoms. The van der Waals surface area contributed by atoms with Crippen LogP contribution in [-0.4, -0.2) is 37.1 Å². The van der Waals surface area contributed by atoms with Gasteiger partial charge in [-0.2, -0.15) is 0 Å². The second kappa shape index (κ2) is 8.16. The Morgan fingerprint density at radius 3 is 2.65 bits per heavy atom. The summed E-state index contributed by atoms with van der Waals surface area (Å²) in [5.74, 6) is -0.508. The van der Waals surface area contributed by atoms with E-state index in [0.717, 1.165) is 11.3 Å². The number of halogens is 1. The first-order valence-electron chi connectivity index (χ1n) is 8.19. The molecule has 1 aliphatic rings. The largest absolute Gasteiger partial charge is 0.378 e. The number of amides is 1. The monoisotopic (exact) mass is 375 g/mol. The lowest BCUT2D eigenvalue weighted by Gasteiger charge is -2.29. The number of nitrogens with zero attached hydrogens (tertiary/aromatic N) is 2. The van der Waals surface area contributed by atoms with Crippen LogP contribution in [0.15, 0.2) is 42.5 Å². The fourth-order valence-corrected chi connectivity index (χ4v) is 3.00. The van der Waals surface area contributed by atoms with E-state index in [9.17, 15) is 14.9 Å². The van der Waals surface area contributed by atoms with Crippen LogP contribution in [0.4, 0.5) is 11.4 Å². The molecule has 1 heterocycles. The Balaban J connectivity index is 1.82. The molecule has 136 valence electrons. The summed E-state index contributed by atoms with van der Waals surface area (Å²) in [5, 5.41) is 14.6. The molecule has 0 radical (unpaired) electrons. The summed E-state index contributed by atoms with van der Waals surface area (Å²) < 4.78 is 5.32. The van der Waals surface area contributed by atoms with Gasteiger partial charge in [0.05, 0.1) is 18.1 Å². The molecule has 0 spiro atoms. The van der Waals surface area contributed by atoms with E-state index in [1.165, 1.54) is 6.07 Å². The lowest BCUT2D eigenvalue weighted by Crippen LogP contribution is -2.36. The third-order valence-corrected chi connectivity index (χ3v) is 4.56. The number of rotatable bonds is 5. The summed E-state index contributed by atoms with van der Waals surface area (Å²) in [4.78, 5) is 25.4. The average molecular weight is 376 g/mol. The average Bonchev–Trinajstić information content (AvgIpc) is 2.67. The van der Waals surface area contributed by atoms with E-state index in [0.29, 0.717) is 31.3 Å². The molecule has 1 aliphatic heterocycles. The highest BCUT2D eigenvalue weighted by Crippen LogP contribution is 2.26. The van der Waals surface area contributed by atoms with Crippen LogP contribution in [0.3, 0.4) is 0 Å². The van der Waals surface area contributed by atoms with Gasteiger partial charge in [0, 0.05) is 36.4 Å². The second-order valence-electron chi connectivity index (χ2n) is 5.83. The lowest BCUT2D eigenvalue weighted by molar-refractivity contribution is -0.385. The smallest absolute Gasteiger partial charge is 0.282 e. The van der Waals surface area contributed by atoms with Gasteiger partial charge in [0.1, 0.15) is 5.56 Å². The molecule has 3 rings (SSSR count). The maximum Gasteiger partial charge on any atom is 0.282 e. The zero-order valence-electron chi connectivity index (χ0n) is 14.0. The van der Waals surface area contributed by atoms with E-state index in [2.05, 4.69) is 5.32 Å². The molecule has 7 nitrogen and oxygen atoms in total. The zero-order valence-corrected chi connectivity index (χ0v) is 14.7. The highest BCUT2D eigenvalue weighted by Gasteiger charge is 2.23. The first-order chi connectivity index (χ1) is 12.6. The molecule has 0 unspecified atom stereocenters. The molecular weight excluding hydrogens is 358 g/mol. The highest BCUT2D eigenvalue weighted by atomic mass is 35.5. The van der Waals surface area contributed by atoms with Crippen molar-refractivity contribution in [3.8, 4) is 0 Å². The van der Waals surface area contributed by atoms with Crippen LogP contribution >= 0.6 is 11.6 Å². The normalized spacial score (nSPS) is 14.1. The van der Waals surface area contributed by atoms with Gasteiger partial charge in [0.15, 0.2) is 0 Å². The van der Waals surface area contributed by atoms with Crippen LogP contribution in [0.5, 0.6) is 0 Å². The number of carbonyl (C=O) groups excluding carboxylic acids is 1. The van der Waals surface area contributed by atoms with Crippen LogP contribution in [0.2, 0.25) is 5.02 Å². The van der Waals surface area contributed by atoms with Gasteiger partial charge in [-0.15, -0.1) is 0 Å². The Morgan fingerprint density at radius 1 is 1.23 bits per heavy atom. The molecule has 1 N–H and O–H groups in total. The number of hydrogen-bond acceptors (Lipinski definition) is 5. The Kier molecular flexibility index (Phi) is 5.70. The van der Waals surface area contributed by atoms with Crippen molar-refractivity contribution in [1.29, 1.82) is 0 Å². The van der Waals surface area contributed by atoms with Crippen molar-refractivity contribution < 1.29 is 14.5 Å². The minimum Gasteiger partial charge on any atom is -0.378 e.